The van der Waals surface area contributed by atoms with Crippen molar-refractivity contribution in [2.75, 3.05) is 18.9 Å². The summed E-state index contributed by atoms with van der Waals surface area (Å²) < 4.78 is 5.03. The maximum atomic E-state index is 12.0. The molecule has 2 rings (SSSR count). The lowest BCUT2D eigenvalue weighted by atomic mass is 10.1. The summed E-state index contributed by atoms with van der Waals surface area (Å²) in [5.41, 5.74) is 0. The Hall–Kier alpha value is -1.76. The van der Waals surface area contributed by atoms with Crippen LogP contribution in [0.25, 0.3) is 0 Å². The smallest absolute Gasteiger partial charge is 0.243 e. The minimum atomic E-state index is -0.464. The van der Waals surface area contributed by atoms with Gasteiger partial charge < -0.3 is 15.4 Å². The van der Waals surface area contributed by atoms with Gasteiger partial charge in [0, 0.05) is 18.5 Å². The molecule has 1 saturated heterocycles. The molecule has 0 unspecified atom stereocenters. The summed E-state index contributed by atoms with van der Waals surface area (Å²) in [6.45, 7) is 4.73. The van der Waals surface area contributed by atoms with Crippen molar-refractivity contribution in [3.8, 4) is 5.75 Å². The quantitative estimate of drug-likeness (QED) is 0.763. The van der Waals surface area contributed by atoms with Crippen LogP contribution in [0.3, 0.4) is 0 Å². The van der Waals surface area contributed by atoms with Crippen molar-refractivity contribution < 1.29 is 14.3 Å². The molecule has 1 aliphatic rings. The number of nitrogens with one attached hydrogen (secondary N) is 2. The zero-order valence-corrected chi connectivity index (χ0v) is 13.6. The number of hydrogen-bond donors (Lipinski definition) is 2. The Labute approximate surface area is 134 Å². The SMILES string of the molecule is CC1(C)SC[C@H](C(=O)NCCCOc2cccnc2)NC1=O. The predicted molar refractivity (Wildman–Crippen MR) is 85.8 cm³/mol. The van der Waals surface area contributed by atoms with Gasteiger partial charge in [0.2, 0.25) is 11.8 Å². The second kappa shape index (κ2) is 7.49. The second-order valence-corrected chi connectivity index (χ2v) is 7.17. The number of ether oxygens (including phenoxy) is 1. The van der Waals surface area contributed by atoms with E-state index in [-0.39, 0.29) is 11.8 Å². The summed E-state index contributed by atoms with van der Waals surface area (Å²) in [7, 11) is 0. The molecular formula is C15H21N3O3S. The van der Waals surface area contributed by atoms with Crippen LogP contribution in [-0.2, 0) is 9.59 Å². The van der Waals surface area contributed by atoms with Gasteiger partial charge in [-0.05, 0) is 32.4 Å². The van der Waals surface area contributed by atoms with E-state index in [4.69, 9.17) is 4.74 Å². The number of nitrogens with zero attached hydrogens (tertiary/aromatic N) is 1. The standard InChI is InChI=1S/C15H21N3O3S/c1-15(2)14(20)18-12(10-22-15)13(19)17-7-4-8-21-11-5-3-6-16-9-11/h3,5-6,9,12H,4,7-8,10H2,1-2H3,(H,17,19)(H,18,20)/t12-/m1/s1. The molecule has 2 N–H and O–H groups in total. The summed E-state index contributed by atoms with van der Waals surface area (Å²) in [4.78, 5) is 27.8. The first-order valence-corrected chi connectivity index (χ1v) is 8.23. The Morgan fingerprint density at radius 3 is 3.09 bits per heavy atom. The number of hydrogen-bond acceptors (Lipinski definition) is 5. The molecule has 0 spiro atoms. The highest BCUT2D eigenvalue weighted by molar-refractivity contribution is 8.01. The molecule has 0 saturated carbocycles. The third-order valence-corrected chi connectivity index (χ3v) is 4.71. The molecule has 0 aliphatic carbocycles. The van der Waals surface area contributed by atoms with E-state index in [0.717, 1.165) is 0 Å². The summed E-state index contributed by atoms with van der Waals surface area (Å²) in [5, 5.41) is 5.59. The van der Waals surface area contributed by atoms with Gasteiger partial charge in [0.15, 0.2) is 0 Å². The van der Waals surface area contributed by atoms with E-state index in [1.54, 1.807) is 12.4 Å². The summed E-state index contributed by atoms with van der Waals surface area (Å²) in [6.07, 6.45) is 4.03. The molecule has 1 fully saturated rings. The fourth-order valence-corrected chi connectivity index (χ4v) is 2.91. The van der Waals surface area contributed by atoms with Gasteiger partial charge in [0.05, 0.1) is 17.6 Å². The van der Waals surface area contributed by atoms with E-state index in [2.05, 4.69) is 15.6 Å². The van der Waals surface area contributed by atoms with Crippen molar-refractivity contribution >= 4 is 23.6 Å². The summed E-state index contributed by atoms with van der Waals surface area (Å²) in [5.74, 6) is 1.07. The Kier molecular flexibility index (Phi) is 5.65. The third kappa shape index (κ3) is 4.62. The zero-order valence-electron chi connectivity index (χ0n) is 12.8. The normalized spacial score (nSPS) is 20.1. The van der Waals surface area contributed by atoms with Crippen molar-refractivity contribution in [3.05, 3.63) is 24.5 Å². The van der Waals surface area contributed by atoms with Crippen LogP contribution in [0, 0.1) is 0 Å². The number of thioether (sulfide) groups is 1. The van der Waals surface area contributed by atoms with Gasteiger partial charge in [0.25, 0.3) is 0 Å². The molecule has 120 valence electrons. The van der Waals surface area contributed by atoms with Crippen molar-refractivity contribution in [2.45, 2.75) is 31.1 Å². The van der Waals surface area contributed by atoms with Crippen LogP contribution in [0.4, 0.5) is 0 Å². The predicted octanol–water partition coefficient (Wildman–Crippen LogP) is 0.977. The molecule has 1 aliphatic heterocycles. The van der Waals surface area contributed by atoms with Gasteiger partial charge >= 0.3 is 0 Å². The van der Waals surface area contributed by atoms with Crippen molar-refractivity contribution in [2.24, 2.45) is 0 Å². The van der Waals surface area contributed by atoms with Crippen molar-refractivity contribution in [1.29, 1.82) is 0 Å². The van der Waals surface area contributed by atoms with Gasteiger partial charge in [-0.25, -0.2) is 0 Å². The number of pyridine rings is 1. The second-order valence-electron chi connectivity index (χ2n) is 5.53. The average molecular weight is 323 g/mol. The van der Waals surface area contributed by atoms with Crippen molar-refractivity contribution in [1.82, 2.24) is 15.6 Å². The molecule has 1 aromatic heterocycles. The monoisotopic (exact) mass is 323 g/mol. The molecule has 1 aromatic rings. The first-order valence-electron chi connectivity index (χ1n) is 7.24. The fraction of sp³-hybridized carbons (Fsp3) is 0.533. The highest BCUT2D eigenvalue weighted by Crippen LogP contribution is 2.28. The van der Waals surface area contributed by atoms with Gasteiger partial charge in [-0.3, -0.25) is 14.6 Å². The van der Waals surface area contributed by atoms with Crippen LogP contribution in [0.1, 0.15) is 20.3 Å². The van der Waals surface area contributed by atoms with Crippen LogP contribution in [0.5, 0.6) is 5.75 Å². The minimum absolute atomic E-state index is 0.0937. The molecule has 0 aromatic carbocycles. The summed E-state index contributed by atoms with van der Waals surface area (Å²) >= 11 is 1.50. The molecule has 2 heterocycles. The molecule has 6 nitrogen and oxygen atoms in total. The van der Waals surface area contributed by atoms with Crippen LogP contribution in [0.15, 0.2) is 24.5 Å². The first kappa shape index (κ1) is 16.6. The Bertz CT molecular complexity index is 522. The van der Waals surface area contributed by atoms with Gasteiger partial charge in [-0.15, -0.1) is 11.8 Å². The molecule has 2 amide bonds. The number of amides is 2. The molecule has 0 bridgehead atoms. The maximum Gasteiger partial charge on any atom is 0.243 e. The number of aromatic nitrogens is 1. The van der Waals surface area contributed by atoms with E-state index in [1.807, 2.05) is 26.0 Å². The van der Waals surface area contributed by atoms with Crippen molar-refractivity contribution in [3.63, 3.8) is 0 Å². The average Bonchev–Trinajstić information content (AvgIpc) is 2.50. The number of rotatable bonds is 6. The molecular weight excluding hydrogens is 302 g/mol. The van der Waals surface area contributed by atoms with Crippen LogP contribution >= 0.6 is 11.8 Å². The Balaban J connectivity index is 1.63. The molecule has 0 radical (unpaired) electrons. The van der Waals surface area contributed by atoms with E-state index in [0.29, 0.717) is 31.1 Å². The van der Waals surface area contributed by atoms with Crippen LogP contribution < -0.4 is 15.4 Å². The highest BCUT2D eigenvalue weighted by atomic mass is 32.2. The van der Waals surface area contributed by atoms with Gasteiger partial charge in [0.1, 0.15) is 11.8 Å². The summed E-state index contributed by atoms with van der Waals surface area (Å²) in [6, 6.07) is 3.19. The topological polar surface area (TPSA) is 80.3 Å². The lowest BCUT2D eigenvalue weighted by molar-refractivity contribution is -0.129. The van der Waals surface area contributed by atoms with E-state index >= 15 is 0 Å². The van der Waals surface area contributed by atoms with E-state index < -0.39 is 10.8 Å². The maximum absolute atomic E-state index is 12.0. The van der Waals surface area contributed by atoms with E-state index in [1.165, 1.54) is 11.8 Å². The molecule has 22 heavy (non-hydrogen) atoms. The third-order valence-electron chi connectivity index (χ3n) is 3.30. The van der Waals surface area contributed by atoms with E-state index in [9.17, 15) is 9.59 Å². The largest absolute Gasteiger partial charge is 0.492 e. The van der Waals surface area contributed by atoms with Crippen LogP contribution in [-0.4, -0.2) is 46.5 Å². The lowest BCUT2D eigenvalue weighted by Crippen LogP contribution is -2.57. The molecule has 1 atom stereocenters. The van der Waals surface area contributed by atoms with Gasteiger partial charge in [-0.1, -0.05) is 0 Å². The minimum Gasteiger partial charge on any atom is -0.492 e. The fourth-order valence-electron chi connectivity index (χ4n) is 1.90. The molecule has 7 heteroatoms. The number of carbonyl (C=O) groups is 2. The first-order chi connectivity index (χ1) is 10.5. The Morgan fingerprint density at radius 1 is 1.59 bits per heavy atom. The lowest BCUT2D eigenvalue weighted by Gasteiger charge is -2.32. The zero-order chi connectivity index (χ0) is 16.0. The highest BCUT2D eigenvalue weighted by Gasteiger charge is 2.37. The van der Waals surface area contributed by atoms with Crippen LogP contribution in [0.2, 0.25) is 0 Å². The number of carbonyl (C=O) groups excluding carboxylic acids is 2. The Morgan fingerprint density at radius 2 is 2.41 bits per heavy atom. The van der Waals surface area contributed by atoms with Gasteiger partial charge in [-0.2, -0.15) is 0 Å².